The molecular formula is C16H17BrN2O2. The third kappa shape index (κ3) is 4.37. The van der Waals surface area contributed by atoms with E-state index >= 15 is 0 Å². The Bertz CT molecular complexity index is 597. The van der Waals surface area contributed by atoms with Crippen LogP contribution in [-0.4, -0.2) is 34.0 Å². The summed E-state index contributed by atoms with van der Waals surface area (Å²) in [6.45, 7) is 2.59. The maximum Gasteiger partial charge on any atom is 0.254 e. The van der Waals surface area contributed by atoms with Crippen LogP contribution in [0.4, 0.5) is 0 Å². The molecule has 0 saturated heterocycles. The lowest BCUT2D eigenvalue weighted by molar-refractivity contribution is 0.0707. The molecule has 5 heteroatoms. The fourth-order valence-electron chi connectivity index (χ4n) is 2.13. The number of aliphatic hydroxyl groups is 1. The highest BCUT2D eigenvalue weighted by Gasteiger charge is 2.16. The molecule has 1 aromatic heterocycles. The Morgan fingerprint density at radius 2 is 2.19 bits per heavy atom. The van der Waals surface area contributed by atoms with E-state index in [4.69, 9.17) is 0 Å². The van der Waals surface area contributed by atoms with Gasteiger partial charge in [0.15, 0.2) is 0 Å². The molecule has 0 aliphatic heterocycles. The van der Waals surface area contributed by atoms with Crippen molar-refractivity contribution in [3.05, 3.63) is 63.9 Å². The van der Waals surface area contributed by atoms with Gasteiger partial charge in [0.2, 0.25) is 0 Å². The molecule has 21 heavy (non-hydrogen) atoms. The van der Waals surface area contributed by atoms with Gasteiger partial charge in [0.05, 0.1) is 6.61 Å². The first kappa shape index (κ1) is 15.7. The number of halogens is 1. The molecule has 0 unspecified atom stereocenters. The molecule has 1 heterocycles. The van der Waals surface area contributed by atoms with Gasteiger partial charge in [0, 0.05) is 35.5 Å². The monoisotopic (exact) mass is 348 g/mol. The largest absolute Gasteiger partial charge is 0.395 e. The van der Waals surface area contributed by atoms with E-state index < -0.39 is 0 Å². The number of hydrogen-bond acceptors (Lipinski definition) is 3. The molecule has 110 valence electrons. The molecular weight excluding hydrogens is 332 g/mol. The Morgan fingerprint density at radius 1 is 1.38 bits per heavy atom. The van der Waals surface area contributed by atoms with Gasteiger partial charge in [-0.15, -0.1) is 0 Å². The molecule has 0 bridgehead atoms. The van der Waals surface area contributed by atoms with Crippen LogP contribution in [0.25, 0.3) is 0 Å². The zero-order valence-electron chi connectivity index (χ0n) is 11.8. The smallest absolute Gasteiger partial charge is 0.254 e. The summed E-state index contributed by atoms with van der Waals surface area (Å²) in [5.41, 5.74) is 2.56. The molecule has 1 aromatic carbocycles. The van der Waals surface area contributed by atoms with Crippen molar-refractivity contribution in [2.24, 2.45) is 0 Å². The number of aromatic nitrogens is 1. The minimum atomic E-state index is -0.0997. The molecule has 4 nitrogen and oxygen atoms in total. The topological polar surface area (TPSA) is 53.4 Å². The summed E-state index contributed by atoms with van der Waals surface area (Å²) in [7, 11) is 0. The van der Waals surface area contributed by atoms with Crippen molar-refractivity contribution in [2.45, 2.75) is 13.5 Å². The van der Waals surface area contributed by atoms with Gasteiger partial charge in [-0.3, -0.25) is 9.78 Å². The second kappa shape index (κ2) is 7.33. The van der Waals surface area contributed by atoms with Crippen molar-refractivity contribution in [2.75, 3.05) is 13.2 Å². The average molecular weight is 349 g/mol. The van der Waals surface area contributed by atoms with Gasteiger partial charge in [-0.1, -0.05) is 22.0 Å². The number of benzene rings is 1. The number of aryl methyl sites for hydroxylation is 1. The van der Waals surface area contributed by atoms with E-state index in [1.54, 1.807) is 23.4 Å². The van der Waals surface area contributed by atoms with E-state index in [2.05, 4.69) is 20.9 Å². The molecule has 0 atom stereocenters. The molecule has 1 N–H and O–H groups in total. The fraction of sp³-hybridized carbons (Fsp3) is 0.250. The van der Waals surface area contributed by atoms with Gasteiger partial charge < -0.3 is 10.0 Å². The summed E-state index contributed by atoms with van der Waals surface area (Å²) in [6, 6.07) is 9.34. The van der Waals surface area contributed by atoms with Crippen LogP contribution in [0.5, 0.6) is 0 Å². The average Bonchev–Trinajstić information content (AvgIpc) is 2.46. The van der Waals surface area contributed by atoms with Crippen molar-refractivity contribution in [1.82, 2.24) is 9.88 Å². The number of carbonyl (C=O) groups is 1. The molecule has 0 spiro atoms. The highest BCUT2D eigenvalue weighted by atomic mass is 79.9. The van der Waals surface area contributed by atoms with Gasteiger partial charge in [-0.2, -0.15) is 0 Å². The zero-order valence-corrected chi connectivity index (χ0v) is 13.4. The normalized spacial score (nSPS) is 10.4. The maximum absolute atomic E-state index is 12.6. The highest BCUT2D eigenvalue weighted by Crippen LogP contribution is 2.17. The molecule has 0 aliphatic rings. The number of carbonyl (C=O) groups excluding carboxylic acids is 1. The minimum absolute atomic E-state index is 0.0704. The number of rotatable bonds is 5. The molecule has 0 aliphatic carbocycles. The van der Waals surface area contributed by atoms with Gasteiger partial charge >= 0.3 is 0 Å². The maximum atomic E-state index is 12.6. The predicted molar refractivity (Wildman–Crippen MR) is 84.9 cm³/mol. The van der Waals surface area contributed by atoms with E-state index in [1.807, 2.05) is 31.2 Å². The Hall–Kier alpha value is -1.72. The third-order valence-corrected chi connectivity index (χ3v) is 3.50. The molecule has 2 aromatic rings. The van der Waals surface area contributed by atoms with Crippen LogP contribution in [0, 0.1) is 6.92 Å². The summed E-state index contributed by atoms with van der Waals surface area (Å²) in [6.07, 6.45) is 3.42. The second-order valence-corrected chi connectivity index (χ2v) is 5.74. The zero-order chi connectivity index (χ0) is 15.2. The van der Waals surface area contributed by atoms with Crippen LogP contribution < -0.4 is 0 Å². The van der Waals surface area contributed by atoms with Gasteiger partial charge in [0.25, 0.3) is 5.91 Å². The Labute approximate surface area is 132 Å². The van der Waals surface area contributed by atoms with Crippen LogP contribution in [0.1, 0.15) is 21.5 Å². The molecule has 0 radical (unpaired) electrons. The summed E-state index contributed by atoms with van der Waals surface area (Å²) >= 11 is 3.41. The van der Waals surface area contributed by atoms with E-state index in [0.29, 0.717) is 18.7 Å². The van der Waals surface area contributed by atoms with Crippen LogP contribution in [-0.2, 0) is 6.54 Å². The van der Waals surface area contributed by atoms with Crippen molar-refractivity contribution in [3.8, 4) is 0 Å². The lowest BCUT2D eigenvalue weighted by atomic mass is 10.1. The number of pyridine rings is 1. The van der Waals surface area contributed by atoms with Crippen LogP contribution in [0.2, 0.25) is 0 Å². The van der Waals surface area contributed by atoms with Crippen LogP contribution in [0.15, 0.2) is 47.2 Å². The van der Waals surface area contributed by atoms with Crippen LogP contribution >= 0.6 is 15.9 Å². The number of hydrogen-bond donors (Lipinski definition) is 1. The van der Waals surface area contributed by atoms with Crippen molar-refractivity contribution in [1.29, 1.82) is 0 Å². The lowest BCUT2D eigenvalue weighted by Gasteiger charge is -2.22. The fourth-order valence-corrected chi connectivity index (χ4v) is 2.74. The summed E-state index contributed by atoms with van der Waals surface area (Å²) in [5, 5.41) is 9.20. The third-order valence-electron chi connectivity index (χ3n) is 3.04. The van der Waals surface area contributed by atoms with Gasteiger partial charge in [-0.05, 0) is 42.3 Å². The summed E-state index contributed by atoms with van der Waals surface area (Å²) in [5.74, 6) is -0.0997. The van der Waals surface area contributed by atoms with Gasteiger partial charge in [-0.25, -0.2) is 0 Å². The molecule has 1 amide bonds. The molecule has 0 saturated carbocycles. The predicted octanol–water partition coefficient (Wildman–Crippen LogP) is 2.79. The van der Waals surface area contributed by atoms with Crippen molar-refractivity contribution >= 4 is 21.8 Å². The standard InChI is InChI=1S/C16H17BrN2O2/c1-12-7-14(9-15(17)8-12)16(21)19(5-6-20)11-13-3-2-4-18-10-13/h2-4,7-10,20H,5-6,11H2,1H3. The Kier molecular flexibility index (Phi) is 5.47. The van der Waals surface area contributed by atoms with Crippen molar-refractivity contribution < 1.29 is 9.90 Å². The first-order valence-electron chi connectivity index (χ1n) is 6.66. The van der Waals surface area contributed by atoms with E-state index in [-0.39, 0.29) is 12.5 Å². The Balaban J connectivity index is 2.22. The van der Waals surface area contributed by atoms with E-state index in [0.717, 1.165) is 15.6 Å². The minimum Gasteiger partial charge on any atom is -0.395 e. The summed E-state index contributed by atoms with van der Waals surface area (Å²) in [4.78, 5) is 18.3. The van der Waals surface area contributed by atoms with Crippen LogP contribution in [0.3, 0.4) is 0 Å². The number of nitrogens with zero attached hydrogens (tertiary/aromatic N) is 2. The van der Waals surface area contributed by atoms with Gasteiger partial charge in [0.1, 0.15) is 0 Å². The SMILES string of the molecule is Cc1cc(Br)cc(C(=O)N(CCO)Cc2cccnc2)c1. The quantitative estimate of drug-likeness (QED) is 0.903. The second-order valence-electron chi connectivity index (χ2n) is 4.83. The lowest BCUT2D eigenvalue weighted by Crippen LogP contribution is -2.33. The number of aliphatic hydroxyl groups excluding tert-OH is 1. The molecule has 2 rings (SSSR count). The highest BCUT2D eigenvalue weighted by molar-refractivity contribution is 9.10. The molecule has 0 fully saturated rings. The summed E-state index contributed by atoms with van der Waals surface area (Å²) < 4.78 is 0.871. The Morgan fingerprint density at radius 3 is 2.81 bits per heavy atom. The van der Waals surface area contributed by atoms with E-state index in [1.165, 1.54) is 0 Å². The number of amides is 1. The van der Waals surface area contributed by atoms with E-state index in [9.17, 15) is 9.90 Å². The first-order valence-corrected chi connectivity index (χ1v) is 7.45. The van der Waals surface area contributed by atoms with Crippen molar-refractivity contribution in [3.63, 3.8) is 0 Å². The first-order chi connectivity index (χ1) is 10.1.